The molecule has 25 heavy (non-hydrogen) atoms. The molecule has 0 aromatic heterocycles. The quantitative estimate of drug-likeness (QED) is 0.805. The van der Waals surface area contributed by atoms with Gasteiger partial charge in [0.25, 0.3) is 0 Å². The maximum atomic E-state index is 13.4. The first-order valence-electron chi connectivity index (χ1n) is 9.12. The third kappa shape index (κ3) is 3.90. The van der Waals surface area contributed by atoms with Crippen LogP contribution in [0.5, 0.6) is 0 Å². The molecular weight excluding hydrogens is 336 g/mol. The summed E-state index contributed by atoms with van der Waals surface area (Å²) in [6, 6.07) is 3.20. The van der Waals surface area contributed by atoms with Gasteiger partial charge in [0.15, 0.2) is 0 Å². The van der Waals surface area contributed by atoms with Crippen molar-refractivity contribution in [3.05, 3.63) is 28.8 Å². The van der Waals surface area contributed by atoms with Crippen LogP contribution in [-0.2, 0) is 14.8 Å². The highest BCUT2D eigenvalue weighted by Gasteiger charge is 2.40. The number of aryl methyl sites for hydroxylation is 3. The first kappa shape index (κ1) is 19.9. The normalized spacial score (nSPS) is 19.0. The summed E-state index contributed by atoms with van der Waals surface area (Å²) in [5, 5.41) is 0. The standard InChI is InChI=1S/C19H30N2O3S/c1-6-20(7-2)19(22)17-10-8-9-11-21(17)25(23,24)18-15(4)12-14(3)13-16(18)5/h12-13,17H,6-11H2,1-5H3. The molecule has 0 saturated carbocycles. The predicted octanol–water partition coefficient (Wildman–Crippen LogP) is 3.02. The largest absolute Gasteiger partial charge is 0.342 e. The predicted molar refractivity (Wildman–Crippen MR) is 100 cm³/mol. The Morgan fingerprint density at radius 1 is 1.12 bits per heavy atom. The van der Waals surface area contributed by atoms with E-state index < -0.39 is 16.1 Å². The molecule has 1 aliphatic heterocycles. The van der Waals surface area contributed by atoms with E-state index in [1.54, 1.807) is 4.90 Å². The molecule has 6 heteroatoms. The Balaban J connectivity index is 2.47. The highest BCUT2D eigenvalue weighted by atomic mass is 32.2. The zero-order valence-corrected chi connectivity index (χ0v) is 16.8. The Hall–Kier alpha value is -1.40. The minimum atomic E-state index is -3.70. The number of piperidine rings is 1. The average Bonchev–Trinajstić information content (AvgIpc) is 2.54. The maximum absolute atomic E-state index is 13.4. The molecule has 1 aliphatic rings. The van der Waals surface area contributed by atoms with Crippen LogP contribution in [0.4, 0.5) is 0 Å². The Bertz CT molecular complexity index is 716. The van der Waals surface area contributed by atoms with E-state index in [4.69, 9.17) is 0 Å². The van der Waals surface area contributed by atoms with Crippen LogP contribution in [0.2, 0.25) is 0 Å². The smallest absolute Gasteiger partial charge is 0.244 e. The van der Waals surface area contributed by atoms with Crippen LogP contribution in [0.15, 0.2) is 17.0 Å². The number of nitrogens with zero attached hydrogens (tertiary/aromatic N) is 2. The first-order valence-corrected chi connectivity index (χ1v) is 10.6. The summed E-state index contributed by atoms with van der Waals surface area (Å²) >= 11 is 0. The van der Waals surface area contributed by atoms with Gasteiger partial charge in [-0.3, -0.25) is 4.79 Å². The molecule has 1 atom stereocenters. The second-order valence-electron chi connectivity index (χ2n) is 6.87. The number of amides is 1. The molecule has 140 valence electrons. The Labute approximate surface area is 152 Å². The van der Waals surface area contributed by atoms with Crippen LogP contribution in [0.1, 0.15) is 49.8 Å². The average molecular weight is 367 g/mol. The summed E-state index contributed by atoms with van der Waals surface area (Å²) in [4.78, 5) is 15.0. The third-order valence-electron chi connectivity index (χ3n) is 4.99. The lowest BCUT2D eigenvalue weighted by Gasteiger charge is -2.37. The molecule has 0 N–H and O–H groups in total. The van der Waals surface area contributed by atoms with Gasteiger partial charge in [-0.2, -0.15) is 4.31 Å². The van der Waals surface area contributed by atoms with Crippen LogP contribution < -0.4 is 0 Å². The van der Waals surface area contributed by atoms with Crippen molar-refractivity contribution in [2.24, 2.45) is 0 Å². The van der Waals surface area contributed by atoms with Crippen LogP contribution in [-0.4, -0.2) is 49.2 Å². The maximum Gasteiger partial charge on any atom is 0.244 e. The Morgan fingerprint density at radius 2 is 1.68 bits per heavy atom. The first-order chi connectivity index (χ1) is 11.7. The van der Waals surface area contributed by atoms with Crippen LogP contribution in [0, 0.1) is 20.8 Å². The number of carbonyl (C=O) groups excluding carboxylic acids is 1. The third-order valence-corrected chi connectivity index (χ3v) is 7.20. The van der Waals surface area contributed by atoms with E-state index >= 15 is 0 Å². The van der Waals surface area contributed by atoms with Gasteiger partial charge in [0.2, 0.25) is 15.9 Å². The topological polar surface area (TPSA) is 57.7 Å². The number of hydrogen-bond acceptors (Lipinski definition) is 3. The minimum absolute atomic E-state index is 0.0734. The van der Waals surface area contributed by atoms with Crippen molar-refractivity contribution in [1.29, 1.82) is 0 Å². The van der Waals surface area contributed by atoms with Gasteiger partial charge in [0.1, 0.15) is 6.04 Å². The van der Waals surface area contributed by atoms with E-state index in [2.05, 4.69) is 0 Å². The van der Waals surface area contributed by atoms with E-state index in [1.165, 1.54) is 4.31 Å². The van der Waals surface area contributed by atoms with Crippen LogP contribution in [0.25, 0.3) is 0 Å². The minimum Gasteiger partial charge on any atom is -0.342 e. The van der Waals surface area contributed by atoms with Gasteiger partial charge in [-0.15, -0.1) is 0 Å². The van der Waals surface area contributed by atoms with Gasteiger partial charge in [-0.1, -0.05) is 24.1 Å². The highest BCUT2D eigenvalue weighted by Crippen LogP contribution is 2.30. The van der Waals surface area contributed by atoms with Crippen molar-refractivity contribution in [1.82, 2.24) is 9.21 Å². The Morgan fingerprint density at radius 3 is 2.20 bits per heavy atom. The van der Waals surface area contributed by atoms with Crippen molar-refractivity contribution >= 4 is 15.9 Å². The van der Waals surface area contributed by atoms with Crippen molar-refractivity contribution in [2.75, 3.05) is 19.6 Å². The number of benzene rings is 1. The molecule has 0 spiro atoms. The van der Waals surface area contributed by atoms with Crippen molar-refractivity contribution < 1.29 is 13.2 Å². The molecule has 1 saturated heterocycles. The van der Waals surface area contributed by atoms with Crippen molar-refractivity contribution in [3.63, 3.8) is 0 Å². The van der Waals surface area contributed by atoms with Gasteiger partial charge in [-0.25, -0.2) is 8.42 Å². The summed E-state index contributed by atoms with van der Waals surface area (Å²) < 4.78 is 28.3. The molecule has 1 amide bonds. The lowest BCUT2D eigenvalue weighted by atomic mass is 10.0. The molecule has 0 radical (unpaired) electrons. The fourth-order valence-electron chi connectivity index (χ4n) is 3.88. The number of rotatable bonds is 5. The van der Waals surface area contributed by atoms with Gasteiger partial charge < -0.3 is 4.90 Å². The van der Waals surface area contributed by atoms with Gasteiger partial charge in [0, 0.05) is 19.6 Å². The van der Waals surface area contributed by atoms with Crippen molar-refractivity contribution in [2.45, 2.75) is 64.8 Å². The molecule has 2 rings (SSSR count). The lowest BCUT2D eigenvalue weighted by Crippen LogP contribution is -2.53. The molecule has 1 fully saturated rings. The van der Waals surface area contributed by atoms with Gasteiger partial charge in [0.05, 0.1) is 4.90 Å². The molecule has 1 heterocycles. The van der Waals surface area contributed by atoms with E-state index in [-0.39, 0.29) is 5.91 Å². The molecular formula is C19H30N2O3S. The SMILES string of the molecule is CCN(CC)C(=O)C1CCCCN1S(=O)(=O)c1c(C)cc(C)cc1C. The van der Waals surface area contributed by atoms with Crippen LogP contribution >= 0.6 is 0 Å². The van der Waals surface area contributed by atoms with E-state index in [1.807, 2.05) is 46.8 Å². The molecule has 0 aliphatic carbocycles. The second kappa shape index (κ2) is 7.87. The number of sulfonamides is 1. The van der Waals surface area contributed by atoms with E-state index in [0.29, 0.717) is 31.0 Å². The lowest BCUT2D eigenvalue weighted by molar-refractivity contribution is -0.135. The van der Waals surface area contributed by atoms with E-state index in [9.17, 15) is 13.2 Å². The second-order valence-corrected chi connectivity index (χ2v) is 8.69. The fraction of sp³-hybridized carbons (Fsp3) is 0.632. The molecule has 1 unspecified atom stereocenters. The molecule has 1 aromatic rings. The number of likely N-dealkylation sites (N-methyl/N-ethyl adjacent to an activating group) is 1. The summed E-state index contributed by atoms with van der Waals surface area (Å²) in [7, 11) is -3.70. The zero-order valence-electron chi connectivity index (χ0n) is 16.0. The summed E-state index contributed by atoms with van der Waals surface area (Å²) in [5.41, 5.74) is 2.54. The summed E-state index contributed by atoms with van der Waals surface area (Å²) in [5.74, 6) is -0.0734. The highest BCUT2D eigenvalue weighted by molar-refractivity contribution is 7.89. The zero-order chi connectivity index (χ0) is 18.8. The summed E-state index contributed by atoms with van der Waals surface area (Å²) in [6.45, 7) is 11.1. The summed E-state index contributed by atoms with van der Waals surface area (Å²) in [6.07, 6.45) is 2.28. The molecule has 5 nitrogen and oxygen atoms in total. The Kier molecular flexibility index (Phi) is 6.27. The number of carbonyl (C=O) groups is 1. The van der Waals surface area contributed by atoms with Gasteiger partial charge in [-0.05, 0) is 58.6 Å². The molecule has 1 aromatic carbocycles. The van der Waals surface area contributed by atoms with Crippen LogP contribution in [0.3, 0.4) is 0 Å². The monoisotopic (exact) mass is 366 g/mol. The molecule has 0 bridgehead atoms. The van der Waals surface area contributed by atoms with E-state index in [0.717, 1.165) is 29.5 Å². The fourth-order valence-corrected chi connectivity index (χ4v) is 5.94. The number of hydrogen-bond donors (Lipinski definition) is 0. The van der Waals surface area contributed by atoms with Crippen molar-refractivity contribution in [3.8, 4) is 0 Å². The van der Waals surface area contributed by atoms with Gasteiger partial charge >= 0.3 is 0 Å².